The average molecular weight is 574 g/mol. The van der Waals surface area contributed by atoms with E-state index in [2.05, 4.69) is 25.3 Å². The molecule has 42 heavy (non-hydrogen) atoms. The van der Waals surface area contributed by atoms with Crippen LogP contribution in [0.15, 0.2) is 55.2 Å². The van der Waals surface area contributed by atoms with Crippen LogP contribution in [0, 0.1) is 0 Å². The van der Waals surface area contributed by atoms with Gasteiger partial charge in [-0.15, -0.1) is 0 Å². The Morgan fingerprint density at radius 1 is 0.976 bits per heavy atom. The maximum atomic E-state index is 12.4. The van der Waals surface area contributed by atoms with Crippen LogP contribution < -0.4 is 24.3 Å². The number of fused-ring (bicyclic) bond motifs is 1. The zero-order valence-corrected chi connectivity index (χ0v) is 24.2. The third-order valence-corrected chi connectivity index (χ3v) is 6.88. The number of methoxy groups -OCH3 is 2. The summed E-state index contributed by atoms with van der Waals surface area (Å²) in [6, 6.07) is 9.29. The molecule has 12 heteroatoms. The van der Waals surface area contributed by atoms with Gasteiger partial charge in [-0.1, -0.05) is 0 Å². The zero-order chi connectivity index (χ0) is 29.5. The standard InChI is InChI=1S/C30H35N7O5/c1-36(2)17-29(38)37-11-7-22(8-12-37)42-28-14-23-24(15-27(28)40-4)33-19-34-30(23)35-20-5-6-25(26(13-20)39-3)41-18-21-16-31-9-10-32-21/h5-6,9-10,13-16,19,22H,7-8,11-12,17-18H2,1-4H3,(H,33,34,35). The van der Waals surface area contributed by atoms with Crippen LogP contribution in [-0.2, 0) is 11.4 Å². The van der Waals surface area contributed by atoms with E-state index in [1.165, 1.54) is 6.33 Å². The summed E-state index contributed by atoms with van der Waals surface area (Å²) in [6.07, 6.45) is 7.84. The zero-order valence-electron chi connectivity index (χ0n) is 24.2. The van der Waals surface area contributed by atoms with E-state index in [1.807, 2.05) is 54.2 Å². The van der Waals surface area contributed by atoms with E-state index in [0.29, 0.717) is 59.7 Å². The van der Waals surface area contributed by atoms with Gasteiger partial charge < -0.3 is 34.1 Å². The number of benzene rings is 2. The molecule has 1 amide bonds. The average Bonchev–Trinajstić information content (AvgIpc) is 3.00. The summed E-state index contributed by atoms with van der Waals surface area (Å²) in [5.41, 5.74) is 2.18. The Balaban J connectivity index is 1.32. The number of likely N-dealkylation sites (N-methyl/N-ethyl adjacent to an activating group) is 1. The van der Waals surface area contributed by atoms with Crippen molar-refractivity contribution in [3.05, 3.63) is 60.9 Å². The van der Waals surface area contributed by atoms with Gasteiger partial charge >= 0.3 is 0 Å². The van der Waals surface area contributed by atoms with Gasteiger partial charge in [0.25, 0.3) is 0 Å². The molecular formula is C30H35N7O5. The van der Waals surface area contributed by atoms with E-state index in [0.717, 1.165) is 23.9 Å². The van der Waals surface area contributed by atoms with Gasteiger partial charge in [-0.25, -0.2) is 9.97 Å². The second-order valence-corrected chi connectivity index (χ2v) is 10.2. The van der Waals surface area contributed by atoms with Gasteiger partial charge in [0.2, 0.25) is 5.91 Å². The molecule has 4 aromatic rings. The number of likely N-dealkylation sites (tertiary alicyclic amines) is 1. The lowest BCUT2D eigenvalue weighted by Crippen LogP contribution is -2.45. The lowest BCUT2D eigenvalue weighted by molar-refractivity contribution is -0.133. The third kappa shape index (κ3) is 6.95. The number of anilines is 2. The van der Waals surface area contributed by atoms with Crippen LogP contribution in [0.1, 0.15) is 18.5 Å². The lowest BCUT2D eigenvalue weighted by Gasteiger charge is -2.33. The Hall–Kier alpha value is -4.71. The van der Waals surface area contributed by atoms with E-state index in [1.54, 1.807) is 32.8 Å². The molecule has 12 nitrogen and oxygen atoms in total. The summed E-state index contributed by atoms with van der Waals surface area (Å²) in [4.78, 5) is 33.5. The van der Waals surface area contributed by atoms with Crippen LogP contribution in [0.3, 0.4) is 0 Å². The van der Waals surface area contributed by atoms with Gasteiger partial charge in [0.1, 0.15) is 24.9 Å². The minimum atomic E-state index is -0.0422. The summed E-state index contributed by atoms with van der Waals surface area (Å²) in [6.45, 7) is 1.99. The number of carbonyl (C=O) groups is 1. The summed E-state index contributed by atoms with van der Waals surface area (Å²) in [5, 5.41) is 4.14. The second-order valence-electron chi connectivity index (χ2n) is 10.2. The number of aromatic nitrogens is 4. The molecular weight excluding hydrogens is 538 g/mol. The Labute approximate surface area is 244 Å². The minimum Gasteiger partial charge on any atom is -0.493 e. The van der Waals surface area contributed by atoms with E-state index in [9.17, 15) is 4.79 Å². The van der Waals surface area contributed by atoms with Gasteiger partial charge in [0.15, 0.2) is 23.0 Å². The van der Waals surface area contributed by atoms with Crippen molar-refractivity contribution in [3.8, 4) is 23.0 Å². The molecule has 0 bridgehead atoms. The molecule has 220 valence electrons. The van der Waals surface area contributed by atoms with Crippen LogP contribution in [0.2, 0.25) is 0 Å². The highest BCUT2D eigenvalue weighted by Crippen LogP contribution is 2.37. The predicted molar refractivity (Wildman–Crippen MR) is 158 cm³/mol. The molecule has 0 aliphatic carbocycles. The normalized spacial score (nSPS) is 13.7. The maximum Gasteiger partial charge on any atom is 0.236 e. The first-order valence-corrected chi connectivity index (χ1v) is 13.7. The van der Waals surface area contributed by atoms with Crippen molar-refractivity contribution in [3.63, 3.8) is 0 Å². The van der Waals surface area contributed by atoms with Gasteiger partial charge in [-0.05, 0) is 32.3 Å². The Morgan fingerprint density at radius 3 is 2.48 bits per heavy atom. The van der Waals surface area contributed by atoms with Crippen molar-refractivity contribution in [1.82, 2.24) is 29.7 Å². The van der Waals surface area contributed by atoms with Crippen molar-refractivity contribution in [1.29, 1.82) is 0 Å². The van der Waals surface area contributed by atoms with Crippen LogP contribution in [0.25, 0.3) is 10.9 Å². The van der Waals surface area contributed by atoms with Crippen LogP contribution in [0.4, 0.5) is 11.5 Å². The fraction of sp³-hybridized carbons (Fsp3) is 0.367. The van der Waals surface area contributed by atoms with Crippen molar-refractivity contribution in [2.45, 2.75) is 25.6 Å². The van der Waals surface area contributed by atoms with E-state index < -0.39 is 0 Å². The largest absolute Gasteiger partial charge is 0.493 e. The topological polar surface area (TPSA) is 124 Å². The van der Waals surface area contributed by atoms with Crippen molar-refractivity contribution in [2.75, 3.05) is 53.3 Å². The molecule has 3 heterocycles. The minimum absolute atomic E-state index is 0.0422. The fourth-order valence-corrected chi connectivity index (χ4v) is 4.75. The monoisotopic (exact) mass is 573 g/mol. The highest BCUT2D eigenvalue weighted by Gasteiger charge is 2.25. The molecule has 1 aliphatic heterocycles. The van der Waals surface area contributed by atoms with Crippen LogP contribution in [-0.4, -0.2) is 89.7 Å². The van der Waals surface area contributed by atoms with Gasteiger partial charge in [0.05, 0.1) is 38.2 Å². The molecule has 1 aliphatic rings. The Bertz CT molecular complexity index is 1510. The molecule has 0 radical (unpaired) electrons. The molecule has 5 rings (SSSR count). The quantitative estimate of drug-likeness (QED) is 0.282. The van der Waals surface area contributed by atoms with Gasteiger partial charge in [-0.2, -0.15) is 0 Å². The SMILES string of the molecule is COc1cc(Nc2ncnc3cc(OC)c(OC4CCN(C(=O)CN(C)C)CC4)cc23)ccc1OCc1cnccn1. The van der Waals surface area contributed by atoms with Crippen molar-refractivity contribution < 1.29 is 23.7 Å². The second kappa shape index (κ2) is 13.3. The molecule has 0 unspecified atom stereocenters. The van der Waals surface area contributed by atoms with Crippen LogP contribution >= 0.6 is 0 Å². The number of amides is 1. The Morgan fingerprint density at radius 2 is 1.76 bits per heavy atom. The molecule has 1 saturated heterocycles. The highest BCUT2D eigenvalue weighted by atomic mass is 16.5. The highest BCUT2D eigenvalue weighted by molar-refractivity contribution is 5.93. The number of hydrogen-bond donors (Lipinski definition) is 1. The predicted octanol–water partition coefficient (Wildman–Crippen LogP) is 3.69. The van der Waals surface area contributed by atoms with Gasteiger partial charge in [0, 0.05) is 61.5 Å². The number of nitrogens with one attached hydrogen (secondary N) is 1. The fourth-order valence-electron chi connectivity index (χ4n) is 4.75. The van der Waals surface area contributed by atoms with E-state index in [4.69, 9.17) is 18.9 Å². The van der Waals surface area contributed by atoms with Gasteiger partial charge in [-0.3, -0.25) is 14.8 Å². The maximum absolute atomic E-state index is 12.4. The first kappa shape index (κ1) is 28.8. The number of ether oxygens (including phenoxy) is 4. The molecule has 2 aromatic carbocycles. The number of nitrogens with zero attached hydrogens (tertiary/aromatic N) is 6. The molecule has 2 aromatic heterocycles. The first-order valence-electron chi connectivity index (χ1n) is 13.7. The number of carbonyl (C=O) groups excluding carboxylic acids is 1. The Kier molecular flexibility index (Phi) is 9.12. The summed E-state index contributed by atoms with van der Waals surface area (Å²) < 4.78 is 23.5. The number of hydrogen-bond acceptors (Lipinski definition) is 11. The molecule has 1 N–H and O–H groups in total. The van der Waals surface area contributed by atoms with Crippen molar-refractivity contribution in [2.24, 2.45) is 0 Å². The van der Waals surface area contributed by atoms with E-state index in [-0.39, 0.29) is 18.6 Å². The van der Waals surface area contributed by atoms with Crippen LogP contribution in [0.5, 0.6) is 23.0 Å². The number of rotatable bonds is 11. The van der Waals surface area contributed by atoms with Crippen molar-refractivity contribution >= 4 is 28.3 Å². The lowest BCUT2D eigenvalue weighted by atomic mass is 10.1. The smallest absolute Gasteiger partial charge is 0.236 e. The number of piperidine rings is 1. The first-order chi connectivity index (χ1) is 20.4. The summed E-state index contributed by atoms with van der Waals surface area (Å²) in [7, 11) is 7.00. The summed E-state index contributed by atoms with van der Waals surface area (Å²) >= 11 is 0. The van der Waals surface area contributed by atoms with E-state index >= 15 is 0 Å². The third-order valence-electron chi connectivity index (χ3n) is 6.88. The molecule has 0 saturated carbocycles. The summed E-state index contributed by atoms with van der Waals surface area (Å²) in [5.74, 6) is 3.07. The molecule has 0 atom stereocenters. The molecule has 0 spiro atoms. The molecule has 1 fully saturated rings.